The largest absolute Gasteiger partial charge is 0.399 e. The van der Waals surface area contributed by atoms with Gasteiger partial charge < -0.3 is 11.5 Å². The summed E-state index contributed by atoms with van der Waals surface area (Å²) < 4.78 is 27.0. The summed E-state index contributed by atoms with van der Waals surface area (Å²) in [4.78, 5) is 11.4. The Kier molecular flexibility index (Phi) is 4.77. The van der Waals surface area contributed by atoms with Gasteiger partial charge in [0.1, 0.15) is 0 Å². The maximum absolute atomic E-state index is 12.3. The standard InChI is InChI=1S/C13H21N3O3S/c1-4-9-5-6-10(14)7-11(9)20(18,19)16-8-13(2,3)12(15)17/h5-7,16H,4,8,14H2,1-3H3,(H2,15,17). The van der Waals surface area contributed by atoms with Crippen molar-refractivity contribution in [1.29, 1.82) is 0 Å². The monoisotopic (exact) mass is 299 g/mol. The molecule has 5 N–H and O–H groups in total. The summed E-state index contributed by atoms with van der Waals surface area (Å²) in [5.41, 5.74) is 11.0. The molecule has 0 radical (unpaired) electrons. The van der Waals surface area contributed by atoms with Crippen molar-refractivity contribution in [2.75, 3.05) is 12.3 Å². The summed E-state index contributed by atoms with van der Waals surface area (Å²) in [6, 6.07) is 4.76. The van der Waals surface area contributed by atoms with E-state index in [0.29, 0.717) is 17.7 Å². The van der Waals surface area contributed by atoms with Crippen LogP contribution in [0.25, 0.3) is 0 Å². The molecular formula is C13H21N3O3S. The number of hydrogen-bond donors (Lipinski definition) is 3. The fourth-order valence-corrected chi connectivity index (χ4v) is 3.11. The van der Waals surface area contributed by atoms with Crippen molar-refractivity contribution in [2.45, 2.75) is 32.1 Å². The number of hydrogen-bond acceptors (Lipinski definition) is 4. The number of carbonyl (C=O) groups is 1. The van der Waals surface area contributed by atoms with E-state index in [1.165, 1.54) is 6.07 Å². The highest BCUT2D eigenvalue weighted by Crippen LogP contribution is 2.21. The van der Waals surface area contributed by atoms with Crippen LogP contribution in [0.5, 0.6) is 0 Å². The molecule has 20 heavy (non-hydrogen) atoms. The predicted molar refractivity (Wildman–Crippen MR) is 78.4 cm³/mol. The van der Waals surface area contributed by atoms with Crippen LogP contribution in [0.3, 0.4) is 0 Å². The average molecular weight is 299 g/mol. The molecule has 1 rings (SSSR count). The predicted octanol–water partition coefficient (Wildman–Crippen LogP) is 0.621. The maximum Gasteiger partial charge on any atom is 0.240 e. The molecule has 0 aliphatic carbocycles. The first kappa shape index (κ1) is 16.5. The van der Waals surface area contributed by atoms with Crippen molar-refractivity contribution in [1.82, 2.24) is 4.72 Å². The van der Waals surface area contributed by atoms with Crippen molar-refractivity contribution < 1.29 is 13.2 Å². The lowest BCUT2D eigenvalue weighted by Gasteiger charge is -2.21. The Hall–Kier alpha value is -1.60. The van der Waals surface area contributed by atoms with Gasteiger partial charge in [0.25, 0.3) is 0 Å². The van der Waals surface area contributed by atoms with Gasteiger partial charge in [0.15, 0.2) is 0 Å². The Morgan fingerprint density at radius 3 is 2.45 bits per heavy atom. The Morgan fingerprint density at radius 2 is 1.95 bits per heavy atom. The van der Waals surface area contributed by atoms with Crippen LogP contribution in [0, 0.1) is 5.41 Å². The summed E-state index contributed by atoms with van der Waals surface area (Å²) in [7, 11) is -3.73. The number of nitrogen functional groups attached to an aromatic ring is 1. The number of anilines is 1. The number of benzene rings is 1. The molecule has 0 unspecified atom stereocenters. The smallest absolute Gasteiger partial charge is 0.240 e. The molecule has 1 aromatic rings. The molecule has 0 bridgehead atoms. The first-order valence-corrected chi connectivity index (χ1v) is 7.76. The summed E-state index contributed by atoms with van der Waals surface area (Å²) in [5, 5.41) is 0. The number of sulfonamides is 1. The van der Waals surface area contributed by atoms with E-state index in [0.717, 1.165) is 0 Å². The molecule has 0 saturated carbocycles. The van der Waals surface area contributed by atoms with Gasteiger partial charge in [-0.25, -0.2) is 13.1 Å². The minimum absolute atomic E-state index is 0.0668. The van der Waals surface area contributed by atoms with Crippen molar-refractivity contribution in [3.05, 3.63) is 23.8 Å². The van der Waals surface area contributed by atoms with E-state index in [1.54, 1.807) is 26.0 Å². The lowest BCUT2D eigenvalue weighted by atomic mass is 9.93. The first-order valence-electron chi connectivity index (χ1n) is 6.28. The molecule has 0 spiro atoms. The van der Waals surface area contributed by atoms with Gasteiger partial charge in [0.2, 0.25) is 15.9 Å². The van der Waals surface area contributed by atoms with Crippen molar-refractivity contribution in [2.24, 2.45) is 11.1 Å². The first-order chi connectivity index (χ1) is 9.10. The van der Waals surface area contributed by atoms with E-state index in [4.69, 9.17) is 11.5 Å². The number of aryl methyl sites for hydroxylation is 1. The number of nitrogens with one attached hydrogen (secondary N) is 1. The minimum atomic E-state index is -3.73. The molecule has 7 heteroatoms. The fourth-order valence-electron chi connectivity index (χ4n) is 1.55. The van der Waals surface area contributed by atoms with Gasteiger partial charge in [-0.3, -0.25) is 4.79 Å². The Balaban J connectivity index is 3.06. The van der Waals surface area contributed by atoms with E-state index >= 15 is 0 Å². The van der Waals surface area contributed by atoms with Gasteiger partial charge in [-0.1, -0.05) is 13.0 Å². The quantitative estimate of drug-likeness (QED) is 0.668. The third-order valence-corrected chi connectivity index (χ3v) is 4.62. The summed E-state index contributed by atoms with van der Waals surface area (Å²) in [6.45, 7) is 4.95. The van der Waals surface area contributed by atoms with Crippen LogP contribution in [-0.2, 0) is 21.2 Å². The average Bonchev–Trinajstić information content (AvgIpc) is 2.36. The number of amides is 1. The molecule has 1 amide bonds. The van der Waals surface area contributed by atoms with Gasteiger partial charge in [-0.2, -0.15) is 0 Å². The van der Waals surface area contributed by atoms with E-state index < -0.39 is 21.3 Å². The van der Waals surface area contributed by atoms with E-state index in [-0.39, 0.29) is 11.4 Å². The molecule has 0 aromatic heterocycles. The van der Waals surface area contributed by atoms with E-state index in [2.05, 4.69) is 4.72 Å². The van der Waals surface area contributed by atoms with Crippen molar-refractivity contribution in [3.63, 3.8) is 0 Å². The van der Waals surface area contributed by atoms with Gasteiger partial charge in [-0.05, 0) is 38.0 Å². The molecule has 1 aromatic carbocycles. The fraction of sp³-hybridized carbons (Fsp3) is 0.462. The molecule has 0 aliphatic heterocycles. The molecular weight excluding hydrogens is 278 g/mol. The number of primary amides is 1. The topological polar surface area (TPSA) is 115 Å². The second kappa shape index (κ2) is 5.80. The third kappa shape index (κ3) is 3.71. The Labute approximate surface area is 119 Å². The summed E-state index contributed by atoms with van der Waals surface area (Å²) in [5.74, 6) is -0.566. The van der Waals surface area contributed by atoms with Crippen LogP contribution >= 0.6 is 0 Å². The minimum Gasteiger partial charge on any atom is -0.399 e. The zero-order chi connectivity index (χ0) is 15.6. The van der Waals surface area contributed by atoms with E-state index in [1.807, 2.05) is 6.92 Å². The van der Waals surface area contributed by atoms with Crippen molar-refractivity contribution >= 4 is 21.6 Å². The SMILES string of the molecule is CCc1ccc(N)cc1S(=O)(=O)NCC(C)(C)C(N)=O. The normalized spacial score (nSPS) is 12.3. The molecule has 0 fully saturated rings. The molecule has 0 aliphatic rings. The van der Waals surface area contributed by atoms with Crippen molar-refractivity contribution in [3.8, 4) is 0 Å². The summed E-state index contributed by atoms with van der Waals surface area (Å²) in [6.07, 6.45) is 0.565. The van der Waals surface area contributed by atoms with Gasteiger partial charge >= 0.3 is 0 Å². The van der Waals surface area contributed by atoms with Crippen LogP contribution in [0.1, 0.15) is 26.3 Å². The lowest BCUT2D eigenvalue weighted by molar-refractivity contribution is -0.125. The Bertz CT molecular complexity index is 609. The van der Waals surface area contributed by atoms with Gasteiger partial charge in [0.05, 0.1) is 10.3 Å². The Morgan fingerprint density at radius 1 is 1.35 bits per heavy atom. The third-order valence-electron chi connectivity index (χ3n) is 3.13. The highest BCUT2D eigenvalue weighted by atomic mass is 32.2. The molecule has 6 nitrogen and oxygen atoms in total. The zero-order valence-electron chi connectivity index (χ0n) is 11.9. The number of nitrogens with two attached hydrogens (primary N) is 2. The van der Waals surface area contributed by atoms with Gasteiger partial charge in [0, 0.05) is 12.2 Å². The lowest BCUT2D eigenvalue weighted by Crippen LogP contribution is -2.42. The molecule has 112 valence electrons. The highest BCUT2D eigenvalue weighted by Gasteiger charge is 2.28. The zero-order valence-corrected chi connectivity index (χ0v) is 12.8. The molecule has 0 atom stereocenters. The van der Waals surface area contributed by atoms with Gasteiger partial charge in [-0.15, -0.1) is 0 Å². The summed E-state index contributed by atoms with van der Waals surface area (Å²) >= 11 is 0. The molecule has 0 heterocycles. The number of carbonyl (C=O) groups excluding carboxylic acids is 1. The second-order valence-electron chi connectivity index (χ2n) is 5.29. The van der Waals surface area contributed by atoms with Crippen LogP contribution in [0.2, 0.25) is 0 Å². The second-order valence-corrected chi connectivity index (χ2v) is 7.03. The van der Waals surface area contributed by atoms with Crippen LogP contribution < -0.4 is 16.2 Å². The van der Waals surface area contributed by atoms with Crippen LogP contribution in [0.4, 0.5) is 5.69 Å². The number of rotatable bonds is 6. The highest BCUT2D eigenvalue weighted by molar-refractivity contribution is 7.89. The van der Waals surface area contributed by atoms with Crippen LogP contribution in [-0.4, -0.2) is 20.9 Å². The van der Waals surface area contributed by atoms with Crippen LogP contribution in [0.15, 0.2) is 23.1 Å². The molecule has 0 saturated heterocycles. The van der Waals surface area contributed by atoms with E-state index in [9.17, 15) is 13.2 Å². The maximum atomic E-state index is 12.3.